The van der Waals surface area contributed by atoms with E-state index < -0.39 is 0 Å². The molecule has 2 rings (SSSR count). The van der Waals surface area contributed by atoms with Gasteiger partial charge in [-0.2, -0.15) is 0 Å². The van der Waals surface area contributed by atoms with E-state index >= 15 is 0 Å². The Morgan fingerprint density at radius 2 is 1.79 bits per heavy atom. The van der Waals surface area contributed by atoms with Gasteiger partial charge in [0.1, 0.15) is 0 Å². The number of amides is 1. The number of aryl methyl sites for hydroxylation is 1. The van der Waals surface area contributed by atoms with E-state index in [0.29, 0.717) is 18.8 Å². The van der Waals surface area contributed by atoms with Gasteiger partial charge in [0.15, 0.2) is 0 Å². The molecule has 0 bridgehead atoms. The van der Waals surface area contributed by atoms with Gasteiger partial charge in [-0.3, -0.25) is 9.79 Å². The minimum absolute atomic E-state index is 0.0374. The number of hydrogen-bond donors (Lipinski definition) is 1. The van der Waals surface area contributed by atoms with Gasteiger partial charge in [0, 0.05) is 24.7 Å². The normalized spacial score (nSPS) is 12.8. The van der Waals surface area contributed by atoms with Crippen LogP contribution in [0.25, 0.3) is 0 Å². The summed E-state index contributed by atoms with van der Waals surface area (Å²) in [5.41, 5.74) is 6.80. The molecule has 33 heavy (non-hydrogen) atoms. The summed E-state index contributed by atoms with van der Waals surface area (Å²) in [5, 5.41) is 3.25. The standard InChI is InChI=1S/C29H41N3O/c1-21(2)26-14-15-28(23(4)18-26)30-24(5)13-16-29(33)31-27(17-22(3)20-32(6)7)19-25-11-9-8-10-12-25/h8-12,14-15,18,21,27H,3,13,16-17,19-20H2,1-2,4-7H3,(H,31,33)/b30-24+. The molecular weight excluding hydrogens is 406 g/mol. The molecule has 0 aliphatic carbocycles. The van der Waals surface area contributed by atoms with Gasteiger partial charge >= 0.3 is 0 Å². The molecule has 4 heteroatoms. The first-order valence-corrected chi connectivity index (χ1v) is 11.9. The van der Waals surface area contributed by atoms with Crippen LogP contribution in [0.15, 0.2) is 65.7 Å². The first kappa shape index (κ1) is 26.5. The number of rotatable bonds is 12. The summed E-state index contributed by atoms with van der Waals surface area (Å²) in [6.07, 6.45) is 2.65. The molecule has 2 aromatic carbocycles. The van der Waals surface area contributed by atoms with E-state index in [1.54, 1.807) is 0 Å². The highest BCUT2D eigenvalue weighted by atomic mass is 16.1. The van der Waals surface area contributed by atoms with E-state index in [2.05, 4.69) is 67.9 Å². The lowest BCUT2D eigenvalue weighted by Gasteiger charge is -2.22. The third-order valence-corrected chi connectivity index (χ3v) is 5.68. The Labute approximate surface area is 200 Å². The van der Waals surface area contributed by atoms with Gasteiger partial charge in [0.25, 0.3) is 0 Å². The summed E-state index contributed by atoms with van der Waals surface area (Å²) < 4.78 is 0. The van der Waals surface area contributed by atoms with Gasteiger partial charge in [0.2, 0.25) is 5.91 Å². The zero-order chi connectivity index (χ0) is 24.4. The molecule has 0 spiro atoms. The van der Waals surface area contributed by atoms with E-state index in [-0.39, 0.29) is 11.9 Å². The van der Waals surface area contributed by atoms with Crippen LogP contribution in [-0.2, 0) is 11.2 Å². The Hall–Kier alpha value is -2.72. The molecule has 1 N–H and O–H groups in total. The Morgan fingerprint density at radius 1 is 1.09 bits per heavy atom. The second-order valence-electron chi connectivity index (χ2n) is 9.69. The SMILES string of the molecule is C=C(CC(Cc1ccccc1)NC(=O)CC/C(C)=N/c1ccc(C(C)C)cc1C)CN(C)C. The van der Waals surface area contributed by atoms with Crippen molar-refractivity contribution < 1.29 is 4.79 Å². The average Bonchev–Trinajstić information content (AvgIpc) is 2.73. The molecule has 0 heterocycles. The second-order valence-corrected chi connectivity index (χ2v) is 9.69. The molecule has 1 unspecified atom stereocenters. The molecule has 0 saturated heterocycles. The first-order chi connectivity index (χ1) is 15.6. The maximum atomic E-state index is 12.8. The molecule has 0 aliphatic heterocycles. The summed E-state index contributed by atoms with van der Waals surface area (Å²) in [5.74, 6) is 0.569. The molecule has 0 radical (unpaired) electrons. The van der Waals surface area contributed by atoms with Crippen LogP contribution in [0.1, 0.15) is 62.6 Å². The molecule has 178 valence electrons. The fourth-order valence-corrected chi connectivity index (χ4v) is 3.95. The van der Waals surface area contributed by atoms with E-state index in [1.165, 1.54) is 16.7 Å². The van der Waals surface area contributed by atoms with Crippen molar-refractivity contribution in [3.05, 3.63) is 77.4 Å². The summed E-state index contributed by atoms with van der Waals surface area (Å²) in [7, 11) is 4.08. The lowest BCUT2D eigenvalue weighted by molar-refractivity contribution is -0.121. The minimum atomic E-state index is 0.0374. The average molecular weight is 448 g/mol. The monoisotopic (exact) mass is 447 g/mol. The van der Waals surface area contributed by atoms with Crippen LogP contribution in [0.3, 0.4) is 0 Å². The topological polar surface area (TPSA) is 44.7 Å². The number of carbonyl (C=O) groups excluding carboxylic acids is 1. The van der Waals surface area contributed by atoms with Crippen molar-refractivity contribution in [1.29, 1.82) is 0 Å². The Bertz CT molecular complexity index is 945. The third-order valence-electron chi connectivity index (χ3n) is 5.68. The van der Waals surface area contributed by atoms with E-state index in [9.17, 15) is 4.79 Å². The van der Waals surface area contributed by atoms with Crippen LogP contribution in [-0.4, -0.2) is 43.2 Å². The molecule has 0 saturated carbocycles. The molecule has 4 nitrogen and oxygen atoms in total. The second kappa shape index (κ2) is 13.1. The molecule has 0 aromatic heterocycles. The zero-order valence-electron chi connectivity index (χ0n) is 21.3. The van der Waals surface area contributed by atoms with Gasteiger partial charge in [-0.1, -0.05) is 68.5 Å². The fourth-order valence-electron chi connectivity index (χ4n) is 3.95. The lowest BCUT2D eigenvalue weighted by atomic mass is 9.99. The highest BCUT2D eigenvalue weighted by Gasteiger charge is 2.15. The number of likely N-dealkylation sites (N-methyl/N-ethyl adjacent to an activating group) is 1. The fraction of sp³-hybridized carbons (Fsp3) is 0.448. The predicted molar refractivity (Wildman–Crippen MR) is 142 cm³/mol. The van der Waals surface area contributed by atoms with E-state index in [4.69, 9.17) is 4.99 Å². The van der Waals surface area contributed by atoms with E-state index in [1.807, 2.05) is 39.2 Å². The maximum absolute atomic E-state index is 12.8. The number of hydrogen-bond acceptors (Lipinski definition) is 3. The van der Waals surface area contributed by atoms with Crippen molar-refractivity contribution in [2.24, 2.45) is 4.99 Å². The molecule has 1 atom stereocenters. The maximum Gasteiger partial charge on any atom is 0.220 e. The van der Waals surface area contributed by atoms with Crippen LogP contribution in [0.4, 0.5) is 5.69 Å². The van der Waals surface area contributed by atoms with Gasteiger partial charge in [-0.25, -0.2) is 0 Å². The Morgan fingerprint density at radius 3 is 2.39 bits per heavy atom. The van der Waals surface area contributed by atoms with Crippen LogP contribution in [0, 0.1) is 6.92 Å². The van der Waals surface area contributed by atoms with Crippen LogP contribution >= 0.6 is 0 Å². The number of nitrogens with zero attached hydrogens (tertiary/aromatic N) is 2. The Kier molecular flexibility index (Phi) is 10.5. The molecular formula is C29H41N3O. The lowest BCUT2D eigenvalue weighted by Crippen LogP contribution is -2.37. The highest BCUT2D eigenvalue weighted by Crippen LogP contribution is 2.24. The van der Waals surface area contributed by atoms with Gasteiger partial charge in [-0.05, 0) is 75.9 Å². The largest absolute Gasteiger partial charge is 0.353 e. The summed E-state index contributed by atoms with van der Waals surface area (Å²) in [6.45, 7) is 13.5. The molecule has 0 aliphatic rings. The number of carbonyl (C=O) groups is 1. The number of benzene rings is 2. The van der Waals surface area contributed by atoms with Crippen molar-refractivity contribution in [3.63, 3.8) is 0 Å². The zero-order valence-corrected chi connectivity index (χ0v) is 21.3. The van der Waals surface area contributed by atoms with E-state index in [0.717, 1.165) is 36.4 Å². The van der Waals surface area contributed by atoms with Crippen molar-refractivity contribution in [2.75, 3.05) is 20.6 Å². The first-order valence-electron chi connectivity index (χ1n) is 11.9. The predicted octanol–water partition coefficient (Wildman–Crippen LogP) is 6.23. The minimum Gasteiger partial charge on any atom is -0.353 e. The summed E-state index contributed by atoms with van der Waals surface area (Å²) in [6, 6.07) is 16.8. The van der Waals surface area contributed by atoms with Gasteiger partial charge < -0.3 is 10.2 Å². The van der Waals surface area contributed by atoms with Crippen molar-refractivity contribution in [1.82, 2.24) is 10.2 Å². The third kappa shape index (κ3) is 9.75. The smallest absolute Gasteiger partial charge is 0.220 e. The number of nitrogens with one attached hydrogen (secondary N) is 1. The quantitative estimate of drug-likeness (QED) is 0.310. The van der Waals surface area contributed by atoms with Crippen LogP contribution in [0.5, 0.6) is 0 Å². The summed E-state index contributed by atoms with van der Waals surface area (Å²) in [4.78, 5) is 19.7. The van der Waals surface area contributed by atoms with Crippen LogP contribution in [0.2, 0.25) is 0 Å². The highest BCUT2D eigenvalue weighted by molar-refractivity contribution is 5.89. The Balaban J connectivity index is 1.97. The molecule has 0 fully saturated rings. The number of aliphatic imine (C=N–C) groups is 1. The van der Waals surface area contributed by atoms with Gasteiger partial charge in [0.05, 0.1) is 5.69 Å². The van der Waals surface area contributed by atoms with Crippen molar-refractivity contribution in [3.8, 4) is 0 Å². The summed E-state index contributed by atoms with van der Waals surface area (Å²) >= 11 is 0. The van der Waals surface area contributed by atoms with Crippen molar-refractivity contribution in [2.45, 2.75) is 65.3 Å². The molecule has 2 aromatic rings. The van der Waals surface area contributed by atoms with Gasteiger partial charge in [-0.15, -0.1) is 0 Å². The van der Waals surface area contributed by atoms with Crippen molar-refractivity contribution >= 4 is 17.3 Å². The van der Waals surface area contributed by atoms with Crippen LogP contribution < -0.4 is 5.32 Å². The molecule has 1 amide bonds.